The van der Waals surface area contributed by atoms with Gasteiger partial charge in [0.05, 0.1) is 6.20 Å². The van der Waals surface area contributed by atoms with Gasteiger partial charge in [-0.05, 0) is 31.7 Å². The fraction of sp³-hybridized carbons (Fsp3) is 0.529. The van der Waals surface area contributed by atoms with Crippen LogP contribution in [-0.2, 0) is 0 Å². The van der Waals surface area contributed by atoms with Crippen molar-refractivity contribution in [3.63, 3.8) is 0 Å². The standard InChI is InChI=1S/C17H23N5O/c1-3-12-5-8-21(9-6-12)22-15-13-4-7-18-16(13)19-10-14(15)20-17(22)11(2)23/h4,7,10-12,23H,3,5-6,8-9H2,1-2H3,(H,18,19)/t11-/m0/s1. The lowest BCUT2D eigenvalue weighted by Gasteiger charge is -2.35. The van der Waals surface area contributed by atoms with Crippen molar-refractivity contribution in [2.24, 2.45) is 5.92 Å². The number of H-pyrrole nitrogens is 1. The molecule has 1 atom stereocenters. The number of imidazole rings is 1. The minimum absolute atomic E-state index is 0.611. The molecule has 6 heteroatoms. The van der Waals surface area contributed by atoms with Crippen molar-refractivity contribution >= 4 is 22.1 Å². The summed E-state index contributed by atoms with van der Waals surface area (Å²) in [5.41, 5.74) is 2.74. The molecule has 4 heterocycles. The van der Waals surface area contributed by atoms with Crippen molar-refractivity contribution < 1.29 is 5.11 Å². The van der Waals surface area contributed by atoms with Crippen molar-refractivity contribution in [3.8, 4) is 0 Å². The molecule has 6 nitrogen and oxygen atoms in total. The van der Waals surface area contributed by atoms with Crippen molar-refractivity contribution in [2.45, 2.75) is 39.2 Å². The predicted molar refractivity (Wildman–Crippen MR) is 91.0 cm³/mol. The van der Waals surface area contributed by atoms with Crippen LogP contribution in [0.25, 0.3) is 22.1 Å². The van der Waals surface area contributed by atoms with Crippen molar-refractivity contribution in [1.29, 1.82) is 0 Å². The molecular weight excluding hydrogens is 290 g/mol. The Bertz CT molecular complexity index is 826. The number of fused-ring (bicyclic) bond motifs is 3. The van der Waals surface area contributed by atoms with Crippen LogP contribution in [0.3, 0.4) is 0 Å². The zero-order chi connectivity index (χ0) is 16.0. The molecule has 0 aliphatic carbocycles. The molecule has 1 saturated heterocycles. The lowest BCUT2D eigenvalue weighted by Crippen LogP contribution is -2.42. The van der Waals surface area contributed by atoms with E-state index in [1.165, 1.54) is 19.3 Å². The Labute approximate surface area is 135 Å². The lowest BCUT2D eigenvalue weighted by molar-refractivity contribution is 0.182. The van der Waals surface area contributed by atoms with E-state index in [-0.39, 0.29) is 0 Å². The third-order valence-corrected chi connectivity index (χ3v) is 5.03. The minimum Gasteiger partial charge on any atom is -0.385 e. The summed E-state index contributed by atoms with van der Waals surface area (Å²) in [6, 6.07) is 2.04. The number of nitrogens with one attached hydrogen (secondary N) is 1. The maximum absolute atomic E-state index is 10.2. The molecule has 0 amide bonds. The summed E-state index contributed by atoms with van der Waals surface area (Å²) in [6.07, 6.45) is 6.71. The van der Waals surface area contributed by atoms with E-state index in [0.29, 0.717) is 5.82 Å². The van der Waals surface area contributed by atoms with E-state index in [2.05, 4.69) is 31.6 Å². The number of nitrogens with zero attached hydrogens (tertiary/aromatic N) is 4. The number of aliphatic hydroxyl groups is 1. The summed E-state index contributed by atoms with van der Waals surface area (Å²) in [7, 11) is 0. The normalized spacial score (nSPS) is 18.1. The number of hydrogen-bond acceptors (Lipinski definition) is 4. The molecule has 1 fully saturated rings. The summed E-state index contributed by atoms with van der Waals surface area (Å²) in [5.74, 6) is 1.51. The third-order valence-electron chi connectivity index (χ3n) is 5.03. The molecule has 1 aliphatic rings. The molecular formula is C17H23N5O. The molecule has 4 rings (SSSR count). The summed E-state index contributed by atoms with van der Waals surface area (Å²) < 4.78 is 2.13. The van der Waals surface area contributed by atoms with Gasteiger partial charge in [0.2, 0.25) is 0 Å². The zero-order valence-electron chi connectivity index (χ0n) is 13.7. The maximum atomic E-state index is 10.2. The fourth-order valence-electron chi connectivity index (χ4n) is 3.66. The van der Waals surface area contributed by atoms with Crippen LogP contribution in [0.5, 0.6) is 0 Å². The first-order valence-corrected chi connectivity index (χ1v) is 8.46. The number of pyridine rings is 1. The quantitative estimate of drug-likeness (QED) is 0.780. The molecule has 0 saturated carbocycles. The first-order valence-electron chi connectivity index (χ1n) is 8.46. The molecule has 3 aromatic rings. The first-order chi connectivity index (χ1) is 11.2. The van der Waals surface area contributed by atoms with Crippen molar-refractivity contribution in [2.75, 3.05) is 18.1 Å². The molecule has 0 unspecified atom stereocenters. The molecule has 1 aliphatic heterocycles. The summed E-state index contributed by atoms with van der Waals surface area (Å²) in [5, 5.41) is 13.6. The van der Waals surface area contributed by atoms with E-state index in [9.17, 15) is 5.11 Å². The molecule has 0 aromatic carbocycles. The van der Waals surface area contributed by atoms with E-state index in [4.69, 9.17) is 0 Å². The van der Waals surface area contributed by atoms with Crippen LogP contribution < -0.4 is 5.01 Å². The third kappa shape index (κ3) is 2.28. The average molecular weight is 313 g/mol. The van der Waals surface area contributed by atoms with E-state index >= 15 is 0 Å². The first kappa shape index (κ1) is 14.5. The van der Waals surface area contributed by atoms with Crippen molar-refractivity contribution in [3.05, 3.63) is 24.3 Å². The number of aliphatic hydroxyl groups excluding tert-OH is 1. The SMILES string of the molecule is CCC1CCN(n2c([C@H](C)O)nc3cnc4[nH]ccc4c32)CC1. The fourth-order valence-corrected chi connectivity index (χ4v) is 3.66. The van der Waals surface area contributed by atoms with Gasteiger partial charge >= 0.3 is 0 Å². The second-order valence-corrected chi connectivity index (χ2v) is 6.50. The maximum Gasteiger partial charge on any atom is 0.157 e. The second kappa shape index (κ2) is 5.53. The lowest BCUT2D eigenvalue weighted by atomic mass is 9.95. The van der Waals surface area contributed by atoms with Gasteiger partial charge in [0.25, 0.3) is 0 Å². The number of aromatic amines is 1. The monoisotopic (exact) mass is 313 g/mol. The summed E-state index contributed by atoms with van der Waals surface area (Å²) >= 11 is 0. The van der Waals surface area contributed by atoms with Gasteiger partial charge in [-0.1, -0.05) is 13.3 Å². The van der Waals surface area contributed by atoms with Gasteiger partial charge < -0.3 is 15.1 Å². The van der Waals surface area contributed by atoms with Gasteiger partial charge in [-0.25, -0.2) is 14.6 Å². The molecule has 0 spiro atoms. The Hall–Kier alpha value is -2.08. The molecule has 3 aromatic heterocycles. The van der Waals surface area contributed by atoms with Gasteiger partial charge in [0.1, 0.15) is 22.8 Å². The largest absolute Gasteiger partial charge is 0.385 e. The summed E-state index contributed by atoms with van der Waals surface area (Å²) in [6.45, 7) is 6.04. The smallest absolute Gasteiger partial charge is 0.157 e. The molecule has 0 bridgehead atoms. The highest BCUT2D eigenvalue weighted by atomic mass is 16.3. The zero-order valence-corrected chi connectivity index (χ0v) is 13.7. The van der Waals surface area contributed by atoms with Crippen LogP contribution in [-0.4, -0.2) is 37.8 Å². The van der Waals surface area contributed by atoms with Crippen LogP contribution in [0, 0.1) is 5.92 Å². The van der Waals surface area contributed by atoms with E-state index in [0.717, 1.165) is 41.1 Å². The number of rotatable bonds is 3. The molecule has 122 valence electrons. The van der Waals surface area contributed by atoms with Gasteiger partial charge in [0, 0.05) is 24.7 Å². The van der Waals surface area contributed by atoms with Crippen LogP contribution in [0.2, 0.25) is 0 Å². The topological polar surface area (TPSA) is 70.0 Å². The Morgan fingerprint density at radius 2 is 2.17 bits per heavy atom. The Balaban J connectivity index is 1.88. The minimum atomic E-state index is -0.611. The highest BCUT2D eigenvalue weighted by Crippen LogP contribution is 2.29. The summed E-state index contributed by atoms with van der Waals surface area (Å²) in [4.78, 5) is 12.2. The average Bonchev–Trinajstić information content (AvgIpc) is 3.18. The number of hydrogen-bond donors (Lipinski definition) is 2. The van der Waals surface area contributed by atoms with Gasteiger partial charge in [-0.3, -0.25) is 0 Å². The molecule has 2 N–H and O–H groups in total. The molecule has 23 heavy (non-hydrogen) atoms. The van der Waals surface area contributed by atoms with Crippen LogP contribution in [0.4, 0.5) is 0 Å². The van der Waals surface area contributed by atoms with Crippen molar-refractivity contribution in [1.82, 2.24) is 19.6 Å². The number of piperidine rings is 1. The van der Waals surface area contributed by atoms with Crippen LogP contribution in [0.15, 0.2) is 18.5 Å². The van der Waals surface area contributed by atoms with Crippen LogP contribution in [0.1, 0.15) is 45.0 Å². The van der Waals surface area contributed by atoms with Gasteiger partial charge in [-0.2, -0.15) is 0 Å². The molecule has 0 radical (unpaired) electrons. The van der Waals surface area contributed by atoms with E-state index in [1.807, 2.05) is 12.3 Å². The Morgan fingerprint density at radius 3 is 2.87 bits per heavy atom. The Morgan fingerprint density at radius 1 is 1.39 bits per heavy atom. The Kier molecular flexibility index (Phi) is 3.49. The van der Waals surface area contributed by atoms with E-state index in [1.54, 1.807) is 13.1 Å². The number of aromatic nitrogens is 4. The van der Waals surface area contributed by atoms with Crippen LogP contribution >= 0.6 is 0 Å². The van der Waals surface area contributed by atoms with Gasteiger partial charge in [-0.15, -0.1) is 0 Å². The van der Waals surface area contributed by atoms with E-state index < -0.39 is 6.10 Å². The second-order valence-electron chi connectivity index (χ2n) is 6.50. The van der Waals surface area contributed by atoms with Gasteiger partial charge in [0.15, 0.2) is 5.82 Å². The predicted octanol–water partition coefficient (Wildman–Crippen LogP) is 2.72. The highest BCUT2D eigenvalue weighted by molar-refractivity contribution is 6.01. The highest BCUT2D eigenvalue weighted by Gasteiger charge is 2.25.